The molecule has 1 unspecified atom stereocenters. The van der Waals surface area contributed by atoms with Gasteiger partial charge in [0.05, 0.1) is 5.75 Å². The molecule has 0 bridgehead atoms. The Bertz CT molecular complexity index is 317. The largest absolute Gasteiger partial charge is 0.317 e. The van der Waals surface area contributed by atoms with Crippen LogP contribution in [0.2, 0.25) is 0 Å². The molecule has 0 aliphatic carbocycles. The Hall–Kier alpha value is -0.130. The Morgan fingerprint density at radius 2 is 2.00 bits per heavy atom. The molecule has 1 aliphatic heterocycles. The van der Waals surface area contributed by atoms with Crippen LogP contribution in [0.25, 0.3) is 0 Å². The third kappa shape index (κ3) is 4.86. The van der Waals surface area contributed by atoms with Crippen molar-refractivity contribution in [1.82, 2.24) is 9.62 Å². The predicted molar refractivity (Wildman–Crippen MR) is 76.2 cm³/mol. The Kier molecular flexibility index (Phi) is 7.19. The van der Waals surface area contributed by atoms with Crippen molar-refractivity contribution in [2.75, 3.05) is 25.4 Å². The second kappa shape index (κ2) is 8.12. The van der Waals surface area contributed by atoms with Crippen LogP contribution in [0.5, 0.6) is 0 Å². The summed E-state index contributed by atoms with van der Waals surface area (Å²) in [6.45, 7) is 6.70. The van der Waals surface area contributed by atoms with Gasteiger partial charge >= 0.3 is 0 Å². The minimum atomic E-state index is -3.04. The summed E-state index contributed by atoms with van der Waals surface area (Å²) in [5, 5.41) is 3.25. The van der Waals surface area contributed by atoms with Crippen molar-refractivity contribution < 1.29 is 8.42 Å². The third-order valence-electron chi connectivity index (χ3n) is 3.58. The van der Waals surface area contributed by atoms with Crippen molar-refractivity contribution in [3.8, 4) is 0 Å². The molecule has 18 heavy (non-hydrogen) atoms. The van der Waals surface area contributed by atoms with Gasteiger partial charge in [0.2, 0.25) is 10.0 Å². The second-order valence-electron chi connectivity index (χ2n) is 5.09. The summed E-state index contributed by atoms with van der Waals surface area (Å²) < 4.78 is 26.3. The summed E-state index contributed by atoms with van der Waals surface area (Å²) in [5.41, 5.74) is 0. The number of hydrogen-bond donors (Lipinski definition) is 1. The molecule has 0 radical (unpaired) electrons. The number of hydrogen-bond acceptors (Lipinski definition) is 3. The van der Waals surface area contributed by atoms with E-state index in [1.807, 2.05) is 0 Å². The minimum Gasteiger partial charge on any atom is -0.317 e. The van der Waals surface area contributed by atoms with Crippen LogP contribution in [0.15, 0.2) is 0 Å². The molecule has 4 nitrogen and oxygen atoms in total. The molecule has 0 aromatic carbocycles. The Labute approximate surface area is 112 Å². The van der Waals surface area contributed by atoms with E-state index < -0.39 is 10.0 Å². The minimum absolute atomic E-state index is 0.243. The van der Waals surface area contributed by atoms with Gasteiger partial charge in [-0.1, -0.05) is 20.3 Å². The predicted octanol–water partition coefficient (Wildman–Crippen LogP) is 1.97. The third-order valence-corrected chi connectivity index (χ3v) is 5.58. The number of piperidine rings is 1. The highest BCUT2D eigenvalue weighted by atomic mass is 32.2. The van der Waals surface area contributed by atoms with E-state index in [0.29, 0.717) is 5.75 Å². The van der Waals surface area contributed by atoms with Crippen LogP contribution in [0, 0.1) is 0 Å². The lowest BCUT2D eigenvalue weighted by atomic mass is 10.0. The molecule has 108 valence electrons. The molecule has 0 aromatic rings. The molecule has 0 spiro atoms. The fourth-order valence-electron chi connectivity index (χ4n) is 2.55. The van der Waals surface area contributed by atoms with Crippen molar-refractivity contribution in [3.05, 3.63) is 0 Å². The first kappa shape index (κ1) is 15.9. The second-order valence-corrected chi connectivity index (χ2v) is 7.13. The van der Waals surface area contributed by atoms with Crippen molar-refractivity contribution in [2.24, 2.45) is 0 Å². The van der Waals surface area contributed by atoms with Gasteiger partial charge in [0.15, 0.2) is 0 Å². The molecule has 1 heterocycles. The number of sulfonamides is 1. The maximum atomic E-state index is 12.3. The fourth-order valence-corrected chi connectivity index (χ4v) is 4.41. The smallest absolute Gasteiger partial charge is 0.214 e. The van der Waals surface area contributed by atoms with Crippen LogP contribution < -0.4 is 5.32 Å². The maximum Gasteiger partial charge on any atom is 0.214 e. The van der Waals surface area contributed by atoms with Crippen molar-refractivity contribution in [2.45, 2.75) is 58.4 Å². The van der Waals surface area contributed by atoms with E-state index in [4.69, 9.17) is 0 Å². The van der Waals surface area contributed by atoms with Gasteiger partial charge in [0.1, 0.15) is 0 Å². The lowest BCUT2D eigenvalue weighted by molar-refractivity contribution is 0.246. The number of nitrogens with one attached hydrogen (secondary N) is 1. The highest BCUT2D eigenvalue weighted by Gasteiger charge is 2.30. The lowest BCUT2D eigenvalue weighted by Crippen LogP contribution is -2.44. The molecule has 1 rings (SSSR count). The van der Waals surface area contributed by atoms with E-state index in [1.165, 1.54) is 6.42 Å². The Balaban J connectivity index is 2.41. The van der Waals surface area contributed by atoms with Crippen molar-refractivity contribution in [3.63, 3.8) is 0 Å². The van der Waals surface area contributed by atoms with E-state index in [0.717, 1.165) is 51.7 Å². The van der Waals surface area contributed by atoms with Gasteiger partial charge in [0.25, 0.3) is 0 Å². The summed E-state index contributed by atoms with van der Waals surface area (Å²) in [7, 11) is -3.04. The standard InChI is InChI=1S/C13H28N2O2S/c1-3-9-14-10-7-12-18(16,17)15-11-6-5-8-13(15)4-2/h13-14H,3-12H2,1-2H3. The van der Waals surface area contributed by atoms with E-state index in [2.05, 4.69) is 19.2 Å². The molecular formula is C13H28N2O2S. The zero-order valence-corrected chi connectivity index (χ0v) is 12.6. The summed E-state index contributed by atoms with van der Waals surface area (Å²) in [6, 6.07) is 0.243. The van der Waals surface area contributed by atoms with Gasteiger partial charge in [-0.3, -0.25) is 0 Å². The first-order valence-corrected chi connectivity index (χ1v) is 8.93. The topological polar surface area (TPSA) is 49.4 Å². The quantitative estimate of drug-likeness (QED) is 0.690. The average molecular weight is 276 g/mol. The van der Waals surface area contributed by atoms with Crippen molar-refractivity contribution in [1.29, 1.82) is 0 Å². The van der Waals surface area contributed by atoms with E-state index >= 15 is 0 Å². The SMILES string of the molecule is CCCNCCCS(=O)(=O)N1CCCCC1CC. The van der Waals surface area contributed by atoms with Gasteiger partial charge in [-0.05, 0) is 45.2 Å². The maximum absolute atomic E-state index is 12.3. The Morgan fingerprint density at radius 1 is 1.22 bits per heavy atom. The molecule has 0 amide bonds. The van der Waals surface area contributed by atoms with Crippen LogP contribution >= 0.6 is 0 Å². The van der Waals surface area contributed by atoms with Gasteiger partial charge < -0.3 is 5.32 Å². The first-order valence-electron chi connectivity index (χ1n) is 7.32. The van der Waals surface area contributed by atoms with E-state index in [9.17, 15) is 8.42 Å². The number of rotatable bonds is 8. The van der Waals surface area contributed by atoms with Crippen molar-refractivity contribution >= 4 is 10.0 Å². The average Bonchev–Trinajstić information content (AvgIpc) is 2.38. The molecule has 0 aromatic heterocycles. The lowest BCUT2D eigenvalue weighted by Gasteiger charge is -2.34. The van der Waals surface area contributed by atoms with Gasteiger partial charge in [-0.25, -0.2) is 8.42 Å². The molecule has 5 heteroatoms. The fraction of sp³-hybridized carbons (Fsp3) is 1.00. The van der Waals surface area contributed by atoms with Gasteiger partial charge in [-0.2, -0.15) is 4.31 Å². The molecule has 1 aliphatic rings. The highest BCUT2D eigenvalue weighted by Crippen LogP contribution is 2.23. The first-order chi connectivity index (χ1) is 8.61. The summed E-state index contributed by atoms with van der Waals surface area (Å²) in [5.74, 6) is 0.292. The molecule has 1 N–H and O–H groups in total. The molecule has 0 saturated carbocycles. The highest BCUT2D eigenvalue weighted by molar-refractivity contribution is 7.89. The molecule has 1 fully saturated rings. The van der Waals surface area contributed by atoms with E-state index in [1.54, 1.807) is 4.31 Å². The normalized spacial score (nSPS) is 22.2. The molecule has 1 saturated heterocycles. The van der Waals surface area contributed by atoms with Gasteiger partial charge in [-0.15, -0.1) is 0 Å². The van der Waals surface area contributed by atoms with Crippen LogP contribution in [0.4, 0.5) is 0 Å². The van der Waals surface area contributed by atoms with Crippen LogP contribution in [0.1, 0.15) is 52.4 Å². The summed E-state index contributed by atoms with van der Waals surface area (Å²) in [6.07, 6.45) is 5.97. The van der Waals surface area contributed by atoms with Crippen LogP contribution in [0.3, 0.4) is 0 Å². The molecule has 1 atom stereocenters. The number of nitrogens with zero attached hydrogens (tertiary/aromatic N) is 1. The van der Waals surface area contributed by atoms with Gasteiger partial charge in [0, 0.05) is 12.6 Å². The zero-order chi connectivity index (χ0) is 13.4. The zero-order valence-electron chi connectivity index (χ0n) is 11.8. The van der Waals surface area contributed by atoms with Crippen LogP contribution in [-0.2, 0) is 10.0 Å². The Morgan fingerprint density at radius 3 is 2.67 bits per heavy atom. The molecular weight excluding hydrogens is 248 g/mol. The van der Waals surface area contributed by atoms with E-state index in [-0.39, 0.29) is 6.04 Å². The summed E-state index contributed by atoms with van der Waals surface area (Å²) in [4.78, 5) is 0. The monoisotopic (exact) mass is 276 g/mol. The summed E-state index contributed by atoms with van der Waals surface area (Å²) >= 11 is 0. The van der Waals surface area contributed by atoms with Crippen LogP contribution in [-0.4, -0.2) is 44.2 Å².